The first-order valence-corrected chi connectivity index (χ1v) is 9.20. The summed E-state index contributed by atoms with van der Waals surface area (Å²) < 4.78 is 27.2. The molecule has 0 aliphatic heterocycles. The SMILES string of the molecule is C[C@@H](CS(=O)(=O)Nc1cc(-c2cccnc2)[nH]n1)c1ccccc1. The molecule has 1 aromatic carbocycles. The molecule has 0 amide bonds. The van der Waals surface area contributed by atoms with Crippen LogP contribution in [0.15, 0.2) is 60.9 Å². The first kappa shape index (κ1) is 16.2. The van der Waals surface area contributed by atoms with Crippen LogP contribution < -0.4 is 4.72 Å². The van der Waals surface area contributed by atoms with E-state index in [0.29, 0.717) is 5.69 Å². The number of hydrogen-bond donors (Lipinski definition) is 2. The van der Waals surface area contributed by atoms with Crippen LogP contribution in [-0.2, 0) is 10.0 Å². The fourth-order valence-electron chi connectivity index (χ4n) is 2.45. The van der Waals surface area contributed by atoms with E-state index < -0.39 is 10.0 Å². The van der Waals surface area contributed by atoms with Crippen LogP contribution >= 0.6 is 0 Å². The standard InChI is InChI=1S/C17H18N4O2S/c1-13(14-6-3-2-4-7-14)12-24(22,23)21-17-10-16(19-20-17)15-8-5-9-18-11-15/h2-11,13H,12H2,1H3,(H2,19,20,21)/t13-/m0/s1. The van der Waals surface area contributed by atoms with Gasteiger partial charge in [0.15, 0.2) is 5.82 Å². The van der Waals surface area contributed by atoms with Crippen molar-refractivity contribution >= 4 is 15.8 Å². The molecule has 2 heterocycles. The average Bonchev–Trinajstić information content (AvgIpc) is 3.03. The van der Waals surface area contributed by atoms with E-state index in [9.17, 15) is 8.42 Å². The van der Waals surface area contributed by atoms with E-state index in [0.717, 1.165) is 11.1 Å². The van der Waals surface area contributed by atoms with Gasteiger partial charge in [-0.15, -0.1) is 0 Å². The zero-order chi connectivity index (χ0) is 17.0. The second-order valence-electron chi connectivity index (χ2n) is 5.60. The molecule has 3 rings (SSSR count). The van der Waals surface area contributed by atoms with Gasteiger partial charge in [-0.1, -0.05) is 37.3 Å². The molecule has 2 aromatic heterocycles. The number of benzene rings is 1. The highest BCUT2D eigenvalue weighted by Crippen LogP contribution is 2.21. The Balaban J connectivity index is 1.70. The van der Waals surface area contributed by atoms with Crippen LogP contribution in [0.25, 0.3) is 11.3 Å². The van der Waals surface area contributed by atoms with Crippen molar-refractivity contribution in [1.29, 1.82) is 0 Å². The van der Waals surface area contributed by atoms with Gasteiger partial charge in [0.05, 0.1) is 11.4 Å². The number of anilines is 1. The Bertz CT molecular complexity index is 893. The summed E-state index contributed by atoms with van der Waals surface area (Å²) in [6.45, 7) is 1.89. The van der Waals surface area contributed by atoms with E-state index >= 15 is 0 Å². The van der Waals surface area contributed by atoms with Gasteiger partial charge >= 0.3 is 0 Å². The van der Waals surface area contributed by atoms with Crippen molar-refractivity contribution in [3.63, 3.8) is 0 Å². The summed E-state index contributed by atoms with van der Waals surface area (Å²) in [5, 5.41) is 6.83. The van der Waals surface area contributed by atoms with Crippen LogP contribution in [0.5, 0.6) is 0 Å². The van der Waals surface area contributed by atoms with Crippen LogP contribution in [0, 0.1) is 0 Å². The Labute approximate surface area is 141 Å². The van der Waals surface area contributed by atoms with E-state index in [1.54, 1.807) is 18.5 Å². The third kappa shape index (κ3) is 3.99. The van der Waals surface area contributed by atoms with Gasteiger partial charge in [0.1, 0.15) is 0 Å². The predicted molar refractivity (Wildman–Crippen MR) is 94.1 cm³/mol. The van der Waals surface area contributed by atoms with Gasteiger partial charge in [0.25, 0.3) is 0 Å². The summed E-state index contributed by atoms with van der Waals surface area (Å²) in [7, 11) is -3.50. The van der Waals surface area contributed by atoms with Crippen LogP contribution in [0.2, 0.25) is 0 Å². The maximum atomic E-state index is 12.4. The van der Waals surface area contributed by atoms with Gasteiger partial charge in [-0.25, -0.2) is 8.42 Å². The molecule has 0 fully saturated rings. The fourth-order valence-corrected chi connectivity index (χ4v) is 3.81. The lowest BCUT2D eigenvalue weighted by Gasteiger charge is -2.12. The molecule has 0 saturated carbocycles. The second-order valence-corrected chi connectivity index (χ2v) is 7.37. The van der Waals surface area contributed by atoms with E-state index in [2.05, 4.69) is 19.9 Å². The molecule has 0 aliphatic carbocycles. The topological polar surface area (TPSA) is 87.7 Å². The lowest BCUT2D eigenvalue weighted by molar-refractivity contribution is 0.595. The number of aromatic amines is 1. The maximum Gasteiger partial charge on any atom is 0.234 e. The van der Waals surface area contributed by atoms with Crippen molar-refractivity contribution < 1.29 is 8.42 Å². The van der Waals surface area contributed by atoms with E-state index in [1.807, 2.05) is 49.4 Å². The molecule has 3 aromatic rings. The highest BCUT2D eigenvalue weighted by atomic mass is 32.2. The Hall–Kier alpha value is -2.67. The predicted octanol–water partition coefficient (Wildman–Crippen LogP) is 3.02. The van der Waals surface area contributed by atoms with Crippen LogP contribution in [0.4, 0.5) is 5.82 Å². The van der Waals surface area contributed by atoms with Crippen LogP contribution in [0.1, 0.15) is 18.4 Å². The van der Waals surface area contributed by atoms with Crippen LogP contribution in [0.3, 0.4) is 0 Å². The number of aromatic nitrogens is 3. The first-order chi connectivity index (χ1) is 11.5. The molecule has 0 unspecified atom stereocenters. The average molecular weight is 342 g/mol. The molecular formula is C17H18N4O2S. The number of H-pyrrole nitrogens is 1. The quantitative estimate of drug-likeness (QED) is 0.721. The Morgan fingerprint density at radius 3 is 2.67 bits per heavy atom. The van der Waals surface area contributed by atoms with Crippen molar-refractivity contribution in [2.75, 3.05) is 10.5 Å². The van der Waals surface area contributed by atoms with E-state index in [4.69, 9.17) is 0 Å². The van der Waals surface area contributed by atoms with Crippen molar-refractivity contribution in [3.05, 3.63) is 66.5 Å². The summed E-state index contributed by atoms with van der Waals surface area (Å²) in [4.78, 5) is 4.03. The monoisotopic (exact) mass is 342 g/mol. The van der Waals surface area contributed by atoms with Gasteiger partial charge in [0.2, 0.25) is 10.0 Å². The normalized spacial score (nSPS) is 12.7. The fraction of sp³-hybridized carbons (Fsp3) is 0.176. The van der Waals surface area contributed by atoms with Gasteiger partial charge in [-0.2, -0.15) is 5.10 Å². The number of rotatable bonds is 6. The minimum absolute atomic E-state index is 0.00784. The lowest BCUT2D eigenvalue weighted by Crippen LogP contribution is -2.20. The molecular weight excluding hydrogens is 324 g/mol. The Kier molecular flexibility index (Phi) is 4.61. The van der Waals surface area contributed by atoms with Crippen molar-refractivity contribution in [2.24, 2.45) is 0 Å². The Morgan fingerprint density at radius 1 is 1.17 bits per heavy atom. The number of nitrogens with zero attached hydrogens (tertiary/aromatic N) is 2. The third-order valence-electron chi connectivity index (χ3n) is 3.65. The molecule has 0 radical (unpaired) electrons. The molecule has 0 aliphatic rings. The van der Waals surface area contributed by atoms with Gasteiger partial charge < -0.3 is 0 Å². The maximum absolute atomic E-state index is 12.4. The molecule has 1 atom stereocenters. The zero-order valence-corrected chi connectivity index (χ0v) is 14.0. The molecule has 7 heteroatoms. The van der Waals surface area contributed by atoms with Gasteiger partial charge in [-0.3, -0.25) is 14.8 Å². The summed E-state index contributed by atoms with van der Waals surface area (Å²) in [6.07, 6.45) is 3.36. The molecule has 0 saturated heterocycles. The summed E-state index contributed by atoms with van der Waals surface area (Å²) in [5.41, 5.74) is 2.53. The van der Waals surface area contributed by atoms with Crippen molar-refractivity contribution in [3.8, 4) is 11.3 Å². The second kappa shape index (κ2) is 6.84. The first-order valence-electron chi connectivity index (χ1n) is 7.55. The van der Waals surface area contributed by atoms with E-state index in [-0.39, 0.29) is 17.5 Å². The number of nitrogens with one attached hydrogen (secondary N) is 2. The molecule has 124 valence electrons. The Morgan fingerprint density at radius 2 is 1.96 bits per heavy atom. The molecule has 2 N–H and O–H groups in total. The molecule has 24 heavy (non-hydrogen) atoms. The van der Waals surface area contributed by atoms with Gasteiger partial charge in [-0.05, 0) is 23.6 Å². The third-order valence-corrected chi connectivity index (χ3v) is 5.11. The lowest BCUT2D eigenvalue weighted by atomic mass is 10.0. The van der Waals surface area contributed by atoms with Crippen molar-refractivity contribution in [2.45, 2.75) is 12.8 Å². The summed E-state index contributed by atoms with van der Waals surface area (Å²) in [5.74, 6) is 0.154. The number of hydrogen-bond acceptors (Lipinski definition) is 4. The number of sulfonamides is 1. The minimum Gasteiger partial charge on any atom is -0.276 e. The zero-order valence-electron chi connectivity index (χ0n) is 13.2. The van der Waals surface area contributed by atoms with Gasteiger partial charge in [0, 0.05) is 24.0 Å². The summed E-state index contributed by atoms with van der Waals surface area (Å²) in [6, 6.07) is 14.9. The molecule has 6 nitrogen and oxygen atoms in total. The number of pyridine rings is 1. The highest BCUT2D eigenvalue weighted by Gasteiger charge is 2.18. The largest absolute Gasteiger partial charge is 0.276 e. The molecule has 0 bridgehead atoms. The smallest absolute Gasteiger partial charge is 0.234 e. The summed E-state index contributed by atoms with van der Waals surface area (Å²) >= 11 is 0. The van der Waals surface area contributed by atoms with Crippen molar-refractivity contribution in [1.82, 2.24) is 15.2 Å². The molecule has 0 spiro atoms. The van der Waals surface area contributed by atoms with E-state index in [1.165, 1.54) is 0 Å². The minimum atomic E-state index is -3.50. The highest BCUT2D eigenvalue weighted by molar-refractivity contribution is 7.92. The van der Waals surface area contributed by atoms with Crippen LogP contribution in [-0.4, -0.2) is 29.4 Å².